The number of hydrogen-bond donors (Lipinski definition) is 2. The van der Waals surface area contributed by atoms with Gasteiger partial charge < -0.3 is 15.7 Å². The van der Waals surface area contributed by atoms with Gasteiger partial charge in [-0.3, -0.25) is 9.59 Å². The van der Waals surface area contributed by atoms with E-state index in [2.05, 4.69) is 0 Å². The Morgan fingerprint density at radius 1 is 1.42 bits per heavy atom. The quantitative estimate of drug-likeness (QED) is 0.700. The van der Waals surface area contributed by atoms with Crippen molar-refractivity contribution in [3.63, 3.8) is 0 Å². The highest BCUT2D eigenvalue weighted by Crippen LogP contribution is 2.26. The predicted molar refractivity (Wildman–Crippen MR) is 66.9 cm³/mol. The van der Waals surface area contributed by atoms with Crippen molar-refractivity contribution in [2.45, 2.75) is 25.3 Å². The first-order chi connectivity index (χ1) is 9.00. The molecule has 2 atom stereocenters. The van der Waals surface area contributed by atoms with Crippen molar-refractivity contribution in [3.8, 4) is 0 Å². The van der Waals surface area contributed by atoms with Gasteiger partial charge in [0.15, 0.2) is 6.04 Å². The van der Waals surface area contributed by atoms with Crippen molar-refractivity contribution >= 4 is 17.8 Å². The molecule has 19 heavy (non-hydrogen) atoms. The molecule has 0 bridgehead atoms. The van der Waals surface area contributed by atoms with E-state index < -0.39 is 23.8 Å². The van der Waals surface area contributed by atoms with E-state index >= 15 is 0 Å². The smallest absolute Gasteiger partial charge is 0.330 e. The van der Waals surface area contributed by atoms with Gasteiger partial charge in [0, 0.05) is 13.0 Å². The number of carbonyl (C=O) groups is 3. The fourth-order valence-electron chi connectivity index (χ4n) is 2.51. The zero-order chi connectivity index (χ0) is 14.0. The van der Waals surface area contributed by atoms with Gasteiger partial charge in [-0.25, -0.2) is 4.79 Å². The number of aliphatic carboxylic acids is 1. The Labute approximate surface area is 110 Å². The van der Waals surface area contributed by atoms with Crippen LogP contribution in [0.1, 0.15) is 19.3 Å². The van der Waals surface area contributed by atoms with Gasteiger partial charge in [-0.1, -0.05) is 18.2 Å². The number of amides is 2. The van der Waals surface area contributed by atoms with Gasteiger partial charge in [0.25, 0.3) is 0 Å². The Kier molecular flexibility index (Phi) is 3.69. The summed E-state index contributed by atoms with van der Waals surface area (Å²) in [5.74, 6) is -2.54. The van der Waals surface area contributed by atoms with Crippen LogP contribution in [0.5, 0.6) is 0 Å². The minimum absolute atomic E-state index is 0.00221. The SMILES string of the molecule is NC(=O)C1CC(=O)N([C@@H](C(=O)O)C2=CCC=CC2)C1. The molecule has 3 N–H and O–H groups in total. The first-order valence-electron chi connectivity index (χ1n) is 6.16. The maximum atomic E-state index is 11.9. The van der Waals surface area contributed by atoms with Crippen molar-refractivity contribution in [2.75, 3.05) is 6.54 Å². The molecule has 1 saturated heterocycles. The summed E-state index contributed by atoms with van der Waals surface area (Å²) in [5.41, 5.74) is 5.87. The lowest BCUT2D eigenvalue weighted by molar-refractivity contribution is -0.146. The highest BCUT2D eigenvalue weighted by atomic mass is 16.4. The number of carboxylic acid groups (broad SMARTS) is 1. The van der Waals surface area contributed by atoms with E-state index in [0.29, 0.717) is 18.4 Å². The van der Waals surface area contributed by atoms with Crippen LogP contribution in [-0.2, 0) is 14.4 Å². The summed E-state index contributed by atoms with van der Waals surface area (Å²) in [7, 11) is 0. The van der Waals surface area contributed by atoms with E-state index in [1.54, 1.807) is 0 Å². The third kappa shape index (κ3) is 2.67. The van der Waals surface area contributed by atoms with Crippen LogP contribution in [0.2, 0.25) is 0 Å². The molecule has 0 radical (unpaired) electrons. The molecule has 6 nitrogen and oxygen atoms in total. The molecule has 2 aliphatic rings. The second-order valence-electron chi connectivity index (χ2n) is 4.78. The number of carbonyl (C=O) groups excluding carboxylic acids is 2. The van der Waals surface area contributed by atoms with Gasteiger partial charge in [-0.05, 0) is 18.4 Å². The lowest BCUT2D eigenvalue weighted by Crippen LogP contribution is -2.44. The molecule has 6 heteroatoms. The van der Waals surface area contributed by atoms with E-state index in [4.69, 9.17) is 5.73 Å². The molecular formula is C13H16N2O4. The van der Waals surface area contributed by atoms with Crippen LogP contribution in [-0.4, -0.2) is 40.4 Å². The van der Waals surface area contributed by atoms with Crippen molar-refractivity contribution in [1.29, 1.82) is 0 Å². The number of carboxylic acids is 1. The number of nitrogens with two attached hydrogens (primary N) is 1. The van der Waals surface area contributed by atoms with Crippen LogP contribution in [0.4, 0.5) is 0 Å². The van der Waals surface area contributed by atoms with Crippen LogP contribution in [0.15, 0.2) is 23.8 Å². The van der Waals surface area contributed by atoms with Crippen molar-refractivity contribution < 1.29 is 19.5 Å². The minimum atomic E-state index is -1.07. The Bertz CT molecular complexity index is 481. The van der Waals surface area contributed by atoms with Crippen LogP contribution in [0, 0.1) is 5.92 Å². The molecule has 1 aliphatic carbocycles. The van der Waals surface area contributed by atoms with E-state index in [1.165, 1.54) is 4.90 Å². The fourth-order valence-corrected chi connectivity index (χ4v) is 2.51. The number of primary amides is 1. The summed E-state index contributed by atoms with van der Waals surface area (Å²) < 4.78 is 0. The molecule has 1 fully saturated rings. The van der Waals surface area contributed by atoms with Crippen molar-refractivity contribution in [2.24, 2.45) is 11.7 Å². The topological polar surface area (TPSA) is 101 Å². The molecule has 102 valence electrons. The molecule has 0 spiro atoms. The second kappa shape index (κ2) is 5.26. The summed E-state index contributed by atoms with van der Waals surface area (Å²) in [6.07, 6.45) is 6.84. The van der Waals surface area contributed by atoms with Crippen molar-refractivity contribution in [1.82, 2.24) is 4.90 Å². The lowest BCUT2D eigenvalue weighted by atomic mass is 9.97. The van der Waals surface area contributed by atoms with Gasteiger partial charge in [0.2, 0.25) is 11.8 Å². The molecule has 2 rings (SSSR count). The molecule has 0 aromatic carbocycles. The third-order valence-electron chi connectivity index (χ3n) is 3.49. The second-order valence-corrected chi connectivity index (χ2v) is 4.78. The summed E-state index contributed by atoms with van der Waals surface area (Å²) in [4.78, 5) is 35.7. The van der Waals surface area contributed by atoms with E-state index in [-0.39, 0.29) is 18.9 Å². The summed E-state index contributed by atoms with van der Waals surface area (Å²) in [5, 5.41) is 9.35. The Morgan fingerprint density at radius 3 is 2.63 bits per heavy atom. The fraction of sp³-hybridized carbons (Fsp3) is 0.462. The van der Waals surface area contributed by atoms with Crippen LogP contribution >= 0.6 is 0 Å². The van der Waals surface area contributed by atoms with Gasteiger partial charge >= 0.3 is 5.97 Å². The van der Waals surface area contributed by atoms with Gasteiger partial charge in [-0.15, -0.1) is 0 Å². The summed E-state index contributed by atoms with van der Waals surface area (Å²) in [6.45, 7) is 0.0895. The average Bonchev–Trinajstić information content (AvgIpc) is 2.73. The molecule has 1 aliphatic heterocycles. The summed E-state index contributed by atoms with van der Waals surface area (Å²) in [6, 6.07) is -0.984. The number of nitrogens with zero attached hydrogens (tertiary/aromatic N) is 1. The Balaban J connectivity index is 2.21. The number of hydrogen-bond acceptors (Lipinski definition) is 3. The van der Waals surface area contributed by atoms with Gasteiger partial charge in [0.05, 0.1) is 5.92 Å². The molecule has 0 aromatic rings. The zero-order valence-electron chi connectivity index (χ0n) is 10.4. The van der Waals surface area contributed by atoms with Gasteiger partial charge in [0.1, 0.15) is 0 Å². The Morgan fingerprint density at radius 2 is 2.16 bits per heavy atom. The predicted octanol–water partition coefficient (Wildman–Crippen LogP) is 0.0498. The molecule has 1 heterocycles. The first-order valence-corrected chi connectivity index (χ1v) is 6.16. The maximum Gasteiger partial charge on any atom is 0.330 e. The zero-order valence-corrected chi connectivity index (χ0v) is 10.4. The van der Waals surface area contributed by atoms with E-state index in [1.807, 2.05) is 18.2 Å². The van der Waals surface area contributed by atoms with E-state index in [0.717, 1.165) is 0 Å². The van der Waals surface area contributed by atoms with Crippen LogP contribution in [0.3, 0.4) is 0 Å². The number of rotatable bonds is 4. The highest BCUT2D eigenvalue weighted by Gasteiger charge is 2.41. The molecular weight excluding hydrogens is 248 g/mol. The Hall–Kier alpha value is -2.11. The molecule has 0 saturated carbocycles. The number of allylic oxidation sites excluding steroid dienone is 3. The van der Waals surface area contributed by atoms with Crippen LogP contribution < -0.4 is 5.73 Å². The third-order valence-corrected chi connectivity index (χ3v) is 3.49. The standard InChI is InChI=1S/C13H16N2O4/c14-12(17)9-6-10(16)15(7-9)11(13(18)19)8-4-2-1-3-5-8/h1-2,5,9,11H,3-4,6-7H2,(H2,14,17)(H,18,19)/t9?,11-/m1/s1. The molecule has 0 aromatic heterocycles. The number of likely N-dealkylation sites (tertiary alicyclic amines) is 1. The average molecular weight is 264 g/mol. The van der Waals surface area contributed by atoms with Crippen molar-refractivity contribution in [3.05, 3.63) is 23.8 Å². The minimum Gasteiger partial charge on any atom is -0.479 e. The monoisotopic (exact) mass is 264 g/mol. The normalized spacial score (nSPS) is 24.2. The maximum absolute atomic E-state index is 11.9. The molecule has 1 unspecified atom stereocenters. The molecule has 2 amide bonds. The lowest BCUT2D eigenvalue weighted by Gasteiger charge is -2.27. The van der Waals surface area contributed by atoms with Gasteiger partial charge in [-0.2, -0.15) is 0 Å². The van der Waals surface area contributed by atoms with E-state index in [9.17, 15) is 19.5 Å². The highest BCUT2D eigenvalue weighted by molar-refractivity contribution is 5.92. The van der Waals surface area contributed by atoms with Crippen LogP contribution in [0.25, 0.3) is 0 Å². The first kappa shape index (κ1) is 13.3. The summed E-state index contributed by atoms with van der Waals surface area (Å²) >= 11 is 0. The largest absolute Gasteiger partial charge is 0.479 e.